The van der Waals surface area contributed by atoms with Crippen LogP contribution in [-0.2, 0) is 4.74 Å². The van der Waals surface area contributed by atoms with Gasteiger partial charge in [-0.1, -0.05) is 0 Å². The Bertz CT molecular complexity index is 489. The van der Waals surface area contributed by atoms with E-state index in [-0.39, 0.29) is 12.3 Å². The molecule has 0 saturated heterocycles. The number of benzene rings is 1. The molecule has 1 rings (SSSR count). The number of nitriles is 1. The van der Waals surface area contributed by atoms with Gasteiger partial charge in [-0.2, -0.15) is 5.26 Å². The lowest BCUT2D eigenvalue weighted by molar-refractivity contribution is 0.0699. The van der Waals surface area contributed by atoms with Crippen molar-refractivity contribution in [3.05, 3.63) is 23.8 Å². The average Bonchev–Trinajstić information content (AvgIpc) is 2.53. The molecule has 21 heavy (non-hydrogen) atoms. The molecule has 0 aliphatic rings. The van der Waals surface area contributed by atoms with Gasteiger partial charge in [0.2, 0.25) is 0 Å². The van der Waals surface area contributed by atoms with Crippen molar-refractivity contribution in [1.29, 1.82) is 5.26 Å². The number of methoxy groups -OCH3 is 3. The van der Waals surface area contributed by atoms with Crippen LogP contribution < -0.4 is 9.47 Å². The number of carbonyl (C=O) groups is 1. The molecule has 1 aromatic carbocycles. The Labute approximate surface area is 124 Å². The maximum atomic E-state index is 12.5. The van der Waals surface area contributed by atoms with Crippen molar-refractivity contribution in [3.8, 4) is 17.6 Å². The normalized spacial score (nSPS) is 9.81. The van der Waals surface area contributed by atoms with Crippen molar-refractivity contribution >= 4 is 5.91 Å². The van der Waals surface area contributed by atoms with E-state index < -0.39 is 0 Å². The number of hydrogen-bond donors (Lipinski definition) is 0. The summed E-state index contributed by atoms with van der Waals surface area (Å²) in [6.45, 7) is 1.20. The third-order valence-corrected chi connectivity index (χ3v) is 2.94. The first-order valence-electron chi connectivity index (χ1n) is 6.54. The lowest BCUT2D eigenvalue weighted by Gasteiger charge is -2.21. The third-order valence-electron chi connectivity index (χ3n) is 2.94. The topological polar surface area (TPSA) is 71.8 Å². The highest BCUT2D eigenvalue weighted by Crippen LogP contribution is 2.23. The van der Waals surface area contributed by atoms with E-state index in [4.69, 9.17) is 19.5 Å². The summed E-state index contributed by atoms with van der Waals surface area (Å²) in [5.74, 6) is 0.911. The fourth-order valence-electron chi connectivity index (χ4n) is 1.81. The highest BCUT2D eigenvalue weighted by molar-refractivity contribution is 5.95. The van der Waals surface area contributed by atoms with Crippen LogP contribution in [0.1, 0.15) is 16.8 Å². The zero-order valence-corrected chi connectivity index (χ0v) is 12.6. The standard InChI is InChI=1S/C15H20N2O4/c1-19-8-7-17(6-4-5-16)15(18)12-9-13(20-2)11-14(10-12)21-3/h9-11H,4,6-8H2,1-3H3. The molecule has 0 saturated carbocycles. The number of carbonyl (C=O) groups excluding carboxylic acids is 1. The van der Waals surface area contributed by atoms with E-state index in [1.807, 2.05) is 6.07 Å². The van der Waals surface area contributed by atoms with E-state index in [2.05, 4.69) is 0 Å². The van der Waals surface area contributed by atoms with E-state index in [1.54, 1.807) is 30.2 Å². The van der Waals surface area contributed by atoms with Crippen LogP contribution in [-0.4, -0.2) is 51.8 Å². The largest absolute Gasteiger partial charge is 0.497 e. The van der Waals surface area contributed by atoms with Gasteiger partial charge in [0.25, 0.3) is 5.91 Å². The van der Waals surface area contributed by atoms with Crippen molar-refractivity contribution in [1.82, 2.24) is 4.90 Å². The summed E-state index contributed by atoms with van der Waals surface area (Å²) < 4.78 is 15.3. The van der Waals surface area contributed by atoms with E-state index in [1.165, 1.54) is 14.2 Å². The Balaban J connectivity index is 2.98. The summed E-state index contributed by atoms with van der Waals surface area (Å²) in [4.78, 5) is 14.1. The summed E-state index contributed by atoms with van der Waals surface area (Å²) in [5, 5.41) is 8.70. The van der Waals surface area contributed by atoms with Gasteiger partial charge in [-0.05, 0) is 12.1 Å². The van der Waals surface area contributed by atoms with Crippen molar-refractivity contribution < 1.29 is 19.0 Å². The van der Waals surface area contributed by atoms with Crippen molar-refractivity contribution in [2.45, 2.75) is 6.42 Å². The molecule has 0 fully saturated rings. The second kappa shape index (κ2) is 8.82. The molecule has 0 heterocycles. The van der Waals surface area contributed by atoms with Gasteiger partial charge < -0.3 is 19.1 Å². The van der Waals surface area contributed by atoms with Gasteiger partial charge in [-0.25, -0.2) is 0 Å². The fourth-order valence-corrected chi connectivity index (χ4v) is 1.81. The summed E-state index contributed by atoms with van der Waals surface area (Å²) in [5.41, 5.74) is 0.459. The van der Waals surface area contributed by atoms with E-state index in [9.17, 15) is 4.79 Å². The molecule has 114 valence electrons. The van der Waals surface area contributed by atoms with Gasteiger partial charge in [0.05, 0.1) is 33.3 Å². The molecule has 6 nitrogen and oxygen atoms in total. The Kier molecular flexibility index (Phi) is 7.05. The van der Waals surface area contributed by atoms with Crippen LogP contribution in [0.3, 0.4) is 0 Å². The molecule has 0 aromatic heterocycles. The Morgan fingerprint density at radius 3 is 2.24 bits per heavy atom. The molecule has 0 aliphatic carbocycles. The Morgan fingerprint density at radius 1 is 1.14 bits per heavy atom. The van der Waals surface area contributed by atoms with Gasteiger partial charge in [-0.3, -0.25) is 4.79 Å². The fraction of sp³-hybridized carbons (Fsp3) is 0.467. The Morgan fingerprint density at radius 2 is 1.76 bits per heavy atom. The van der Waals surface area contributed by atoms with Crippen molar-refractivity contribution in [2.75, 3.05) is 41.0 Å². The van der Waals surface area contributed by atoms with Crippen LogP contribution >= 0.6 is 0 Å². The van der Waals surface area contributed by atoms with Crippen LogP contribution in [0.2, 0.25) is 0 Å². The van der Waals surface area contributed by atoms with Crippen molar-refractivity contribution in [2.24, 2.45) is 0 Å². The summed E-state index contributed by atoms with van der Waals surface area (Å²) in [7, 11) is 4.63. The molecule has 0 atom stereocenters. The zero-order valence-electron chi connectivity index (χ0n) is 12.6. The number of amides is 1. The van der Waals surface area contributed by atoms with E-state index in [0.717, 1.165) is 0 Å². The predicted octanol–water partition coefficient (Wildman–Crippen LogP) is 1.71. The summed E-state index contributed by atoms with van der Waals surface area (Å²) in [6.07, 6.45) is 0.274. The van der Waals surface area contributed by atoms with Gasteiger partial charge in [0.15, 0.2) is 0 Å². The second-order valence-corrected chi connectivity index (χ2v) is 4.29. The lowest BCUT2D eigenvalue weighted by atomic mass is 10.1. The molecule has 0 radical (unpaired) electrons. The maximum Gasteiger partial charge on any atom is 0.254 e. The smallest absolute Gasteiger partial charge is 0.254 e. The maximum absolute atomic E-state index is 12.5. The zero-order chi connectivity index (χ0) is 15.7. The first-order chi connectivity index (χ1) is 10.2. The predicted molar refractivity (Wildman–Crippen MR) is 77.6 cm³/mol. The Hall–Kier alpha value is -2.26. The van der Waals surface area contributed by atoms with Crippen LogP contribution in [0.15, 0.2) is 18.2 Å². The van der Waals surface area contributed by atoms with E-state index >= 15 is 0 Å². The highest BCUT2D eigenvalue weighted by atomic mass is 16.5. The molecular formula is C15H20N2O4. The summed E-state index contributed by atoms with van der Waals surface area (Å²) >= 11 is 0. The van der Waals surface area contributed by atoms with Crippen LogP contribution in [0.5, 0.6) is 11.5 Å². The second-order valence-electron chi connectivity index (χ2n) is 4.29. The monoisotopic (exact) mass is 292 g/mol. The first-order valence-corrected chi connectivity index (χ1v) is 6.54. The molecule has 0 unspecified atom stereocenters. The molecule has 0 spiro atoms. The molecule has 0 N–H and O–H groups in total. The van der Waals surface area contributed by atoms with Gasteiger partial charge in [0, 0.05) is 31.8 Å². The lowest BCUT2D eigenvalue weighted by Crippen LogP contribution is -2.34. The molecular weight excluding hydrogens is 272 g/mol. The van der Waals surface area contributed by atoms with Crippen LogP contribution in [0.25, 0.3) is 0 Å². The molecule has 1 amide bonds. The van der Waals surface area contributed by atoms with Gasteiger partial charge in [0.1, 0.15) is 11.5 Å². The summed E-state index contributed by atoms with van der Waals surface area (Å²) in [6, 6.07) is 7.04. The SMILES string of the molecule is COCCN(CCC#N)C(=O)c1cc(OC)cc(OC)c1. The molecule has 0 aliphatic heterocycles. The third kappa shape index (κ3) is 4.97. The minimum absolute atomic E-state index is 0.181. The number of rotatable bonds is 8. The minimum Gasteiger partial charge on any atom is -0.497 e. The number of nitrogens with zero attached hydrogens (tertiary/aromatic N) is 2. The van der Waals surface area contributed by atoms with Crippen LogP contribution in [0, 0.1) is 11.3 Å². The van der Waals surface area contributed by atoms with Crippen LogP contribution in [0.4, 0.5) is 0 Å². The molecule has 1 aromatic rings. The van der Waals surface area contributed by atoms with Gasteiger partial charge in [-0.15, -0.1) is 0 Å². The average molecular weight is 292 g/mol. The first kappa shape index (κ1) is 16.8. The minimum atomic E-state index is -0.181. The van der Waals surface area contributed by atoms with Gasteiger partial charge >= 0.3 is 0 Å². The van der Waals surface area contributed by atoms with E-state index in [0.29, 0.717) is 36.8 Å². The number of hydrogen-bond acceptors (Lipinski definition) is 5. The van der Waals surface area contributed by atoms with Crippen molar-refractivity contribution in [3.63, 3.8) is 0 Å². The molecule has 0 bridgehead atoms. The number of ether oxygens (including phenoxy) is 3. The highest BCUT2D eigenvalue weighted by Gasteiger charge is 2.17. The quantitative estimate of drug-likeness (QED) is 0.729. The molecule has 6 heteroatoms.